The number of likely N-dealkylation sites (tertiary alicyclic amines) is 1. The smallest absolute Gasteiger partial charge is 0.290 e. The van der Waals surface area contributed by atoms with Gasteiger partial charge in [-0.15, -0.1) is 0 Å². The van der Waals surface area contributed by atoms with Crippen LogP contribution in [0.15, 0.2) is 24.3 Å². The van der Waals surface area contributed by atoms with Gasteiger partial charge in [0.25, 0.3) is 12.4 Å². The maximum absolute atomic E-state index is 12.8. The number of alkyl halides is 2. The average molecular weight is 352 g/mol. The van der Waals surface area contributed by atoms with E-state index >= 15 is 0 Å². The summed E-state index contributed by atoms with van der Waals surface area (Å²) in [5, 5.41) is 9.91. The summed E-state index contributed by atoms with van der Waals surface area (Å²) in [5.41, 5.74) is 2.08. The summed E-state index contributed by atoms with van der Waals surface area (Å²) in [6, 6.07) is 7.57. The molecule has 0 bridgehead atoms. The molecule has 136 valence electrons. The lowest BCUT2D eigenvalue weighted by Crippen LogP contribution is -2.43. The summed E-state index contributed by atoms with van der Waals surface area (Å²) < 4.78 is 25.7. The van der Waals surface area contributed by atoms with Crippen molar-refractivity contribution in [2.24, 2.45) is 0 Å². The summed E-state index contributed by atoms with van der Waals surface area (Å²) >= 11 is 0. The number of carboxylic acid groups (broad SMARTS) is 1. The second kappa shape index (κ2) is 10.1. The minimum Gasteiger partial charge on any atom is -0.483 e. The lowest BCUT2D eigenvalue weighted by molar-refractivity contribution is -0.133. The van der Waals surface area contributed by atoms with E-state index in [0.717, 1.165) is 24.8 Å². The Labute approximate surface area is 147 Å². The average Bonchev–Trinajstić information content (AvgIpc) is 3.20. The fraction of sp³-hybridized carbons (Fsp3) is 0.529. The van der Waals surface area contributed by atoms with E-state index in [1.54, 1.807) is 0 Å². The third kappa shape index (κ3) is 7.64. The topological polar surface area (TPSA) is 69.6 Å². The predicted octanol–water partition coefficient (Wildman–Crippen LogP) is 1.10. The first-order valence-corrected chi connectivity index (χ1v) is 8.09. The van der Waals surface area contributed by atoms with Crippen LogP contribution in [0.1, 0.15) is 24.8 Å². The normalized spacial score (nSPS) is 20.8. The molecule has 1 aromatic carbocycles. The summed E-state index contributed by atoms with van der Waals surface area (Å²) in [7, 11) is 5.43. The zero-order chi connectivity index (χ0) is 18.9. The Kier molecular flexibility index (Phi) is 8.55. The molecule has 0 aliphatic carbocycles. The van der Waals surface area contributed by atoms with Crippen LogP contribution in [0, 0.1) is 6.92 Å². The van der Waals surface area contributed by atoms with Crippen LogP contribution in [-0.4, -0.2) is 61.8 Å². The maximum atomic E-state index is 12.8. The van der Waals surface area contributed by atoms with Crippen LogP contribution in [0.25, 0.3) is 0 Å². The number of hydrogen-bond acceptors (Lipinski definition) is 3. The molecule has 25 heavy (non-hydrogen) atoms. The molecule has 0 spiro atoms. The molecule has 2 N–H and O–H groups in total. The first kappa shape index (κ1) is 21.1. The number of nitrogens with one attached hydrogen (secondary N) is 1. The van der Waals surface area contributed by atoms with E-state index in [1.807, 2.05) is 31.2 Å². The fourth-order valence-electron chi connectivity index (χ4n) is 2.61. The largest absolute Gasteiger partial charge is 0.483 e. The zero-order valence-electron chi connectivity index (χ0n) is 14.3. The Morgan fingerprint density at radius 1 is 1.40 bits per heavy atom. The van der Waals surface area contributed by atoms with Crippen LogP contribution in [0.5, 0.6) is 0 Å². The molecule has 2 radical (unpaired) electrons. The molecule has 1 unspecified atom stereocenters. The van der Waals surface area contributed by atoms with Gasteiger partial charge in [-0.25, -0.2) is 8.78 Å². The van der Waals surface area contributed by atoms with Gasteiger partial charge in [0.2, 0.25) is 5.91 Å². The number of halogens is 2. The quantitative estimate of drug-likeness (QED) is 0.587. The van der Waals surface area contributed by atoms with Crippen molar-refractivity contribution in [3.05, 3.63) is 29.8 Å². The molecule has 2 fully saturated rings. The predicted molar refractivity (Wildman–Crippen MR) is 92.4 cm³/mol. The van der Waals surface area contributed by atoms with Crippen molar-refractivity contribution in [2.75, 3.05) is 19.6 Å². The van der Waals surface area contributed by atoms with E-state index in [2.05, 4.69) is 5.32 Å². The van der Waals surface area contributed by atoms with E-state index in [-0.39, 0.29) is 31.4 Å². The van der Waals surface area contributed by atoms with Gasteiger partial charge in [0.05, 0.1) is 12.6 Å². The van der Waals surface area contributed by atoms with Gasteiger partial charge in [-0.1, -0.05) is 35.3 Å². The molecular weight excluding hydrogens is 329 g/mol. The number of nitrogens with zero attached hydrogens (tertiary/aromatic N) is 1. The number of rotatable bonds is 1. The van der Waals surface area contributed by atoms with Crippen molar-refractivity contribution in [1.29, 1.82) is 0 Å². The summed E-state index contributed by atoms with van der Waals surface area (Å²) in [6.07, 6.45) is 1.55. The van der Waals surface area contributed by atoms with Crippen LogP contribution < -0.4 is 10.8 Å². The molecule has 1 amide bonds. The highest BCUT2D eigenvalue weighted by Crippen LogP contribution is 2.27. The minimum atomic E-state index is -2.67. The highest BCUT2D eigenvalue weighted by Gasteiger charge is 2.42. The van der Waals surface area contributed by atoms with Gasteiger partial charge >= 0.3 is 0 Å². The van der Waals surface area contributed by atoms with Crippen molar-refractivity contribution < 1.29 is 23.5 Å². The highest BCUT2D eigenvalue weighted by molar-refractivity contribution is 6.32. The Morgan fingerprint density at radius 3 is 2.40 bits per heavy atom. The van der Waals surface area contributed by atoms with Crippen molar-refractivity contribution >= 4 is 25.7 Å². The third-order valence-electron chi connectivity index (χ3n) is 3.92. The van der Waals surface area contributed by atoms with E-state index in [0.29, 0.717) is 0 Å². The zero-order valence-corrected chi connectivity index (χ0v) is 14.3. The van der Waals surface area contributed by atoms with Gasteiger partial charge in [0.1, 0.15) is 7.85 Å². The van der Waals surface area contributed by atoms with Crippen LogP contribution in [-0.2, 0) is 9.59 Å². The second-order valence-corrected chi connectivity index (χ2v) is 6.03. The molecule has 0 aromatic heterocycles. The Morgan fingerprint density at radius 2 is 2.00 bits per heavy atom. The lowest BCUT2D eigenvalue weighted by atomic mass is 9.96. The first-order chi connectivity index (χ1) is 11.8. The van der Waals surface area contributed by atoms with Crippen LogP contribution in [0.4, 0.5) is 8.78 Å². The number of aryl methyl sites for hydroxylation is 1. The summed E-state index contributed by atoms with van der Waals surface area (Å²) in [6.45, 7) is 2.41. The molecule has 2 aliphatic rings. The molecule has 2 aliphatic heterocycles. The van der Waals surface area contributed by atoms with Crippen molar-refractivity contribution in [2.45, 2.75) is 38.2 Å². The van der Waals surface area contributed by atoms with Gasteiger partial charge in [-0.3, -0.25) is 9.59 Å². The highest BCUT2D eigenvalue weighted by atomic mass is 19.3. The molecule has 0 saturated carbocycles. The van der Waals surface area contributed by atoms with Crippen molar-refractivity contribution in [1.82, 2.24) is 10.2 Å². The SMILES string of the molecule is O=C(C1CCCN1)N1CCC(F)(F)C1.O=CO.[B]c1ccc(C)cc1. The minimum absolute atomic E-state index is 0.153. The van der Waals surface area contributed by atoms with Crippen LogP contribution in [0.2, 0.25) is 0 Å². The van der Waals surface area contributed by atoms with Crippen LogP contribution >= 0.6 is 0 Å². The van der Waals surface area contributed by atoms with E-state index < -0.39 is 12.5 Å². The number of carbonyl (C=O) groups excluding carboxylic acids is 1. The molecule has 8 heteroatoms. The Bertz CT molecular complexity index is 528. The first-order valence-electron chi connectivity index (χ1n) is 8.09. The number of hydrogen-bond donors (Lipinski definition) is 2. The number of benzene rings is 1. The molecule has 2 heterocycles. The van der Waals surface area contributed by atoms with E-state index in [4.69, 9.17) is 17.7 Å². The van der Waals surface area contributed by atoms with Crippen molar-refractivity contribution in [3.8, 4) is 0 Å². The van der Waals surface area contributed by atoms with Gasteiger partial charge in [0, 0.05) is 13.0 Å². The monoisotopic (exact) mass is 352 g/mol. The molecule has 3 rings (SSSR count). The van der Waals surface area contributed by atoms with E-state index in [1.165, 1.54) is 10.5 Å². The van der Waals surface area contributed by atoms with Crippen molar-refractivity contribution in [3.63, 3.8) is 0 Å². The number of amides is 1. The molecule has 1 atom stereocenters. The van der Waals surface area contributed by atoms with Gasteiger partial charge in [-0.05, 0) is 26.3 Å². The summed E-state index contributed by atoms with van der Waals surface area (Å²) in [5.74, 6) is -2.83. The second-order valence-electron chi connectivity index (χ2n) is 6.03. The maximum Gasteiger partial charge on any atom is 0.290 e. The standard InChI is InChI=1S/C9H14F2N2O.C7H7B.CH2O2/c10-9(11)3-5-13(6-9)8(14)7-2-1-4-12-7;1-6-2-4-7(8)5-3-6;2-1-3/h7,12H,1-6H2;2-5H,1H3;1H,(H,2,3). The van der Waals surface area contributed by atoms with Gasteiger partial charge in [-0.2, -0.15) is 0 Å². The van der Waals surface area contributed by atoms with Gasteiger partial charge < -0.3 is 15.3 Å². The Balaban J connectivity index is 0.000000241. The molecule has 1 aromatic rings. The molecule has 2 saturated heterocycles. The van der Waals surface area contributed by atoms with Crippen LogP contribution in [0.3, 0.4) is 0 Å². The Hall–Kier alpha value is -1.96. The molecular formula is C17H23BF2N2O3. The lowest BCUT2D eigenvalue weighted by Gasteiger charge is -2.20. The summed E-state index contributed by atoms with van der Waals surface area (Å²) in [4.78, 5) is 21.3. The molecule has 5 nitrogen and oxygen atoms in total. The fourth-order valence-corrected chi connectivity index (χ4v) is 2.61. The van der Waals surface area contributed by atoms with Gasteiger partial charge in [0.15, 0.2) is 0 Å². The third-order valence-corrected chi connectivity index (χ3v) is 3.92. The number of carbonyl (C=O) groups is 2. The van der Waals surface area contributed by atoms with E-state index in [9.17, 15) is 13.6 Å².